The van der Waals surface area contributed by atoms with E-state index in [0.717, 1.165) is 34.4 Å². The normalized spacial score (nSPS) is 10.2. The van der Waals surface area contributed by atoms with Crippen LogP contribution in [0.25, 0.3) is 0 Å². The van der Waals surface area contributed by atoms with E-state index in [1.165, 1.54) is 0 Å². The van der Waals surface area contributed by atoms with Crippen LogP contribution in [0.15, 0.2) is 16.6 Å². The van der Waals surface area contributed by atoms with Crippen LogP contribution in [0.5, 0.6) is 11.5 Å². The summed E-state index contributed by atoms with van der Waals surface area (Å²) in [5.41, 5.74) is 1.13. The van der Waals surface area contributed by atoms with Crippen LogP contribution in [0, 0.1) is 0 Å². The Morgan fingerprint density at radius 2 is 2.12 bits per heavy atom. The monoisotopic (exact) mass is 288 g/mol. The number of hydrogen-bond donors (Lipinski definition) is 1. The van der Waals surface area contributed by atoms with Gasteiger partial charge in [-0.25, -0.2) is 0 Å². The maximum atomic E-state index is 8.80. The third-order valence-electron chi connectivity index (χ3n) is 2.20. The largest absolute Gasteiger partial charge is 0.492 e. The summed E-state index contributed by atoms with van der Waals surface area (Å²) in [4.78, 5) is 0. The molecule has 90 valence electrons. The van der Waals surface area contributed by atoms with Crippen LogP contribution in [0.1, 0.15) is 18.9 Å². The molecule has 0 amide bonds. The van der Waals surface area contributed by atoms with Crippen LogP contribution in [0.4, 0.5) is 0 Å². The number of aliphatic hydroxyl groups excluding tert-OH is 1. The first-order chi connectivity index (χ1) is 7.72. The molecule has 0 saturated carbocycles. The molecule has 0 radical (unpaired) electrons. The smallest absolute Gasteiger partial charge is 0.174 e. The number of rotatable bonds is 6. The standard InChI is InChI=1S/C12H17BrO3/c1-3-16-11-8-9(5-4-6-14)7-10(13)12(11)15-2/h7-8,14H,3-6H2,1-2H3. The fraction of sp³-hybridized carbons (Fsp3) is 0.500. The lowest BCUT2D eigenvalue weighted by Gasteiger charge is -2.13. The van der Waals surface area contributed by atoms with Gasteiger partial charge in [0.1, 0.15) is 0 Å². The number of hydrogen-bond acceptors (Lipinski definition) is 3. The van der Waals surface area contributed by atoms with Gasteiger partial charge in [0.15, 0.2) is 11.5 Å². The molecule has 0 aliphatic carbocycles. The molecular formula is C12H17BrO3. The zero-order chi connectivity index (χ0) is 12.0. The Bertz CT molecular complexity index is 339. The molecule has 3 nitrogen and oxygen atoms in total. The van der Waals surface area contributed by atoms with E-state index in [0.29, 0.717) is 6.61 Å². The highest BCUT2D eigenvalue weighted by molar-refractivity contribution is 9.10. The number of aryl methyl sites for hydroxylation is 1. The first kappa shape index (κ1) is 13.3. The quantitative estimate of drug-likeness (QED) is 0.875. The summed E-state index contributed by atoms with van der Waals surface area (Å²) in [5, 5.41) is 8.80. The number of aliphatic hydroxyl groups is 1. The second-order valence-corrected chi connectivity index (χ2v) is 4.22. The van der Waals surface area contributed by atoms with Crippen molar-refractivity contribution in [3.63, 3.8) is 0 Å². The summed E-state index contributed by atoms with van der Waals surface area (Å²) >= 11 is 3.45. The van der Waals surface area contributed by atoms with E-state index in [4.69, 9.17) is 14.6 Å². The minimum atomic E-state index is 0.202. The van der Waals surface area contributed by atoms with E-state index in [9.17, 15) is 0 Å². The molecule has 4 heteroatoms. The second-order valence-electron chi connectivity index (χ2n) is 3.37. The van der Waals surface area contributed by atoms with Crippen LogP contribution in [0.3, 0.4) is 0 Å². The van der Waals surface area contributed by atoms with Gasteiger partial charge in [-0.15, -0.1) is 0 Å². The molecule has 0 aliphatic rings. The van der Waals surface area contributed by atoms with E-state index in [2.05, 4.69) is 15.9 Å². The number of benzene rings is 1. The molecule has 0 heterocycles. The van der Waals surface area contributed by atoms with Crippen LogP contribution in [-0.2, 0) is 6.42 Å². The van der Waals surface area contributed by atoms with Crippen LogP contribution in [-0.4, -0.2) is 25.4 Å². The summed E-state index contributed by atoms with van der Waals surface area (Å²) in [5.74, 6) is 1.46. The van der Waals surface area contributed by atoms with Gasteiger partial charge in [0.05, 0.1) is 18.2 Å². The van der Waals surface area contributed by atoms with Crippen molar-refractivity contribution in [2.75, 3.05) is 20.3 Å². The van der Waals surface area contributed by atoms with Crippen molar-refractivity contribution in [1.82, 2.24) is 0 Å². The maximum absolute atomic E-state index is 8.80. The van der Waals surface area contributed by atoms with E-state index >= 15 is 0 Å². The van der Waals surface area contributed by atoms with Gasteiger partial charge in [0, 0.05) is 6.61 Å². The van der Waals surface area contributed by atoms with Crippen molar-refractivity contribution < 1.29 is 14.6 Å². The van der Waals surface area contributed by atoms with Gasteiger partial charge < -0.3 is 14.6 Å². The highest BCUT2D eigenvalue weighted by Crippen LogP contribution is 2.36. The topological polar surface area (TPSA) is 38.7 Å². The van der Waals surface area contributed by atoms with Gasteiger partial charge in [0.2, 0.25) is 0 Å². The molecule has 16 heavy (non-hydrogen) atoms. The van der Waals surface area contributed by atoms with Gasteiger partial charge >= 0.3 is 0 Å². The zero-order valence-electron chi connectivity index (χ0n) is 9.62. The lowest BCUT2D eigenvalue weighted by molar-refractivity contribution is 0.288. The summed E-state index contributed by atoms with van der Waals surface area (Å²) in [7, 11) is 1.62. The molecule has 0 unspecified atom stereocenters. The highest BCUT2D eigenvalue weighted by atomic mass is 79.9. The molecule has 0 aliphatic heterocycles. The Hall–Kier alpha value is -0.740. The summed E-state index contributed by atoms with van der Waals surface area (Å²) < 4.78 is 11.7. The third-order valence-corrected chi connectivity index (χ3v) is 2.79. The van der Waals surface area contributed by atoms with Gasteiger partial charge in [-0.2, -0.15) is 0 Å². The Morgan fingerprint density at radius 3 is 2.69 bits per heavy atom. The molecular weight excluding hydrogens is 272 g/mol. The molecule has 0 spiro atoms. The van der Waals surface area contributed by atoms with Crippen molar-refractivity contribution in [2.45, 2.75) is 19.8 Å². The van der Waals surface area contributed by atoms with Gasteiger partial charge in [-0.3, -0.25) is 0 Å². The Morgan fingerprint density at radius 1 is 1.38 bits per heavy atom. The average molecular weight is 289 g/mol. The fourth-order valence-corrected chi connectivity index (χ4v) is 2.16. The van der Waals surface area contributed by atoms with E-state index in [1.54, 1.807) is 7.11 Å². The van der Waals surface area contributed by atoms with E-state index < -0.39 is 0 Å². The molecule has 1 N–H and O–H groups in total. The van der Waals surface area contributed by atoms with Gasteiger partial charge in [-0.05, 0) is 53.4 Å². The SMILES string of the molecule is CCOc1cc(CCCO)cc(Br)c1OC. The first-order valence-corrected chi connectivity index (χ1v) is 6.12. The van der Waals surface area contributed by atoms with E-state index in [1.807, 2.05) is 19.1 Å². The van der Waals surface area contributed by atoms with Crippen molar-refractivity contribution in [1.29, 1.82) is 0 Å². The predicted octanol–water partition coefficient (Wildman–Crippen LogP) is 2.78. The molecule has 1 rings (SSSR count). The summed E-state index contributed by atoms with van der Waals surface area (Å²) in [6.45, 7) is 2.74. The number of methoxy groups -OCH3 is 1. The maximum Gasteiger partial charge on any atom is 0.174 e. The number of ether oxygens (including phenoxy) is 2. The molecule has 0 aromatic heterocycles. The Balaban J connectivity index is 2.97. The highest BCUT2D eigenvalue weighted by Gasteiger charge is 2.10. The first-order valence-electron chi connectivity index (χ1n) is 5.33. The second kappa shape index (κ2) is 6.76. The molecule has 0 saturated heterocycles. The van der Waals surface area contributed by atoms with Crippen molar-refractivity contribution in [3.8, 4) is 11.5 Å². The Kier molecular flexibility index (Phi) is 5.63. The van der Waals surface area contributed by atoms with Gasteiger partial charge in [0.25, 0.3) is 0 Å². The molecule has 1 aromatic carbocycles. The minimum absolute atomic E-state index is 0.202. The average Bonchev–Trinajstić information content (AvgIpc) is 2.26. The summed E-state index contributed by atoms with van der Waals surface area (Å²) in [6.07, 6.45) is 1.59. The third kappa shape index (κ3) is 3.39. The van der Waals surface area contributed by atoms with Gasteiger partial charge in [-0.1, -0.05) is 0 Å². The lowest BCUT2D eigenvalue weighted by atomic mass is 10.1. The van der Waals surface area contributed by atoms with Crippen molar-refractivity contribution in [2.24, 2.45) is 0 Å². The van der Waals surface area contributed by atoms with Crippen LogP contribution < -0.4 is 9.47 Å². The Labute approximate surface area is 105 Å². The van der Waals surface area contributed by atoms with E-state index in [-0.39, 0.29) is 6.61 Å². The molecule has 0 bridgehead atoms. The molecule has 0 fully saturated rings. The lowest BCUT2D eigenvalue weighted by Crippen LogP contribution is -1.98. The van der Waals surface area contributed by atoms with Crippen molar-refractivity contribution in [3.05, 3.63) is 22.2 Å². The minimum Gasteiger partial charge on any atom is -0.492 e. The molecule has 0 atom stereocenters. The predicted molar refractivity (Wildman–Crippen MR) is 67.3 cm³/mol. The van der Waals surface area contributed by atoms with Crippen LogP contribution in [0.2, 0.25) is 0 Å². The zero-order valence-corrected chi connectivity index (χ0v) is 11.2. The van der Waals surface area contributed by atoms with Crippen LogP contribution >= 0.6 is 15.9 Å². The van der Waals surface area contributed by atoms with Crippen molar-refractivity contribution >= 4 is 15.9 Å². The summed E-state index contributed by atoms with van der Waals surface area (Å²) in [6, 6.07) is 3.96. The fourth-order valence-electron chi connectivity index (χ4n) is 1.51. The number of halogens is 1. The molecule has 1 aromatic rings.